The van der Waals surface area contributed by atoms with E-state index in [1.165, 1.54) is 29.8 Å². The zero-order valence-corrected chi connectivity index (χ0v) is 9.95. The Morgan fingerprint density at radius 1 is 1.33 bits per heavy atom. The lowest BCUT2D eigenvalue weighted by molar-refractivity contribution is -0.383. The smallest absolute Gasteiger partial charge is 0.258 e. The Balaban J connectivity index is 2.04. The van der Waals surface area contributed by atoms with Crippen LogP contribution in [0.5, 0.6) is 0 Å². The molecule has 0 amide bonds. The highest BCUT2D eigenvalue weighted by molar-refractivity contribution is 5.58. The van der Waals surface area contributed by atoms with Gasteiger partial charge in [-0.15, -0.1) is 0 Å². The Hall–Kier alpha value is -1.98. The van der Waals surface area contributed by atoms with Crippen LogP contribution in [-0.4, -0.2) is 19.5 Å². The van der Waals surface area contributed by atoms with Crippen molar-refractivity contribution in [1.82, 2.24) is 14.6 Å². The Bertz CT molecular complexity index is 587. The van der Waals surface area contributed by atoms with Gasteiger partial charge in [-0.05, 0) is 18.9 Å². The Morgan fingerprint density at radius 2 is 2.11 bits per heavy atom. The number of aromatic nitrogens is 3. The molecule has 2 heterocycles. The van der Waals surface area contributed by atoms with Gasteiger partial charge >= 0.3 is 5.69 Å². The number of nitro groups is 1. The highest BCUT2D eigenvalue weighted by atomic mass is 16.6. The summed E-state index contributed by atoms with van der Waals surface area (Å²) in [6.07, 6.45) is 7.55. The quantitative estimate of drug-likeness (QED) is 0.603. The zero-order valence-electron chi connectivity index (χ0n) is 9.95. The van der Waals surface area contributed by atoms with E-state index in [1.54, 1.807) is 12.3 Å². The van der Waals surface area contributed by atoms with Gasteiger partial charge < -0.3 is 0 Å². The maximum atomic E-state index is 10.9. The fraction of sp³-hybridized carbons (Fsp3) is 0.500. The first-order valence-corrected chi connectivity index (χ1v) is 6.25. The summed E-state index contributed by atoms with van der Waals surface area (Å²) < 4.78 is 1.52. The van der Waals surface area contributed by atoms with E-state index in [0.717, 1.165) is 18.7 Å². The van der Waals surface area contributed by atoms with Crippen molar-refractivity contribution in [2.75, 3.05) is 0 Å². The molecule has 0 aromatic carbocycles. The van der Waals surface area contributed by atoms with E-state index in [0.29, 0.717) is 11.6 Å². The fourth-order valence-electron chi connectivity index (χ4n) is 2.58. The largest absolute Gasteiger partial charge is 0.313 e. The Kier molecular flexibility index (Phi) is 2.70. The third-order valence-corrected chi connectivity index (χ3v) is 3.53. The summed E-state index contributed by atoms with van der Waals surface area (Å²) in [5.74, 6) is 1.11. The van der Waals surface area contributed by atoms with Gasteiger partial charge in [-0.2, -0.15) is 5.10 Å². The van der Waals surface area contributed by atoms with E-state index in [1.807, 2.05) is 0 Å². The van der Waals surface area contributed by atoms with Crippen LogP contribution < -0.4 is 0 Å². The topological polar surface area (TPSA) is 73.3 Å². The SMILES string of the molecule is O=[N+]([O-])c1cccn2nc(C3CCCCC3)nc12. The molecule has 6 nitrogen and oxygen atoms in total. The first-order chi connectivity index (χ1) is 8.75. The average Bonchev–Trinajstić information content (AvgIpc) is 2.83. The molecule has 6 heteroatoms. The van der Waals surface area contributed by atoms with Gasteiger partial charge in [0.15, 0.2) is 5.82 Å². The maximum Gasteiger partial charge on any atom is 0.313 e. The van der Waals surface area contributed by atoms with E-state index in [4.69, 9.17) is 0 Å². The minimum atomic E-state index is -0.408. The first-order valence-electron chi connectivity index (χ1n) is 6.25. The van der Waals surface area contributed by atoms with Gasteiger partial charge in [0.25, 0.3) is 0 Å². The van der Waals surface area contributed by atoms with Crippen molar-refractivity contribution >= 4 is 11.3 Å². The molecule has 0 bridgehead atoms. The second-order valence-electron chi connectivity index (χ2n) is 4.72. The van der Waals surface area contributed by atoms with Crippen LogP contribution in [0.1, 0.15) is 43.8 Å². The summed E-state index contributed by atoms with van der Waals surface area (Å²) in [7, 11) is 0. The number of fused-ring (bicyclic) bond motifs is 1. The Morgan fingerprint density at radius 3 is 2.83 bits per heavy atom. The van der Waals surface area contributed by atoms with Gasteiger partial charge in [-0.1, -0.05) is 19.3 Å². The number of hydrogen-bond donors (Lipinski definition) is 0. The molecule has 94 valence electrons. The molecular weight excluding hydrogens is 232 g/mol. The molecule has 0 saturated heterocycles. The highest BCUT2D eigenvalue weighted by Gasteiger charge is 2.22. The predicted octanol–water partition coefficient (Wildman–Crippen LogP) is 2.69. The monoisotopic (exact) mass is 246 g/mol. The second-order valence-corrected chi connectivity index (χ2v) is 4.72. The predicted molar refractivity (Wildman–Crippen MR) is 65.5 cm³/mol. The van der Waals surface area contributed by atoms with Gasteiger partial charge in [0, 0.05) is 18.2 Å². The fourth-order valence-corrected chi connectivity index (χ4v) is 2.58. The molecule has 0 spiro atoms. The summed E-state index contributed by atoms with van der Waals surface area (Å²) >= 11 is 0. The lowest BCUT2D eigenvalue weighted by Gasteiger charge is -2.17. The maximum absolute atomic E-state index is 10.9. The van der Waals surface area contributed by atoms with Gasteiger partial charge in [0.05, 0.1) is 4.92 Å². The molecule has 3 rings (SSSR count). The van der Waals surface area contributed by atoms with E-state index >= 15 is 0 Å². The summed E-state index contributed by atoms with van der Waals surface area (Å²) in [6, 6.07) is 3.10. The number of nitrogens with zero attached hydrogens (tertiary/aromatic N) is 4. The van der Waals surface area contributed by atoms with Gasteiger partial charge in [-0.3, -0.25) is 10.1 Å². The third-order valence-electron chi connectivity index (χ3n) is 3.53. The molecule has 2 aromatic rings. The van der Waals surface area contributed by atoms with Gasteiger partial charge in [-0.25, -0.2) is 9.50 Å². The Labute approximate surface area is 104 Å². The number of hydrogen-bond acceptors (Lipinski definition) is 4. The van der Waals surface area contributed by atoms with Gasteiger partial charge in [0.1, 0.15) is 0 Å². The summed E-state index contributed by atoms with van der Waals surface area (Å²) in [5, 5.41) is 15.3. The van der Waals surface area contributed by atoms with Crippen LogP contribution in [0.15, 0.2) is 18.3 Å². The van der Waals surface area contributed by atoms with Crippen LogP contribution in [0.2, 0.25) is 0 Å². The second kappa shape index (κ2) is 4.36. The van der Waals surface area contributed by atoms with Crippen molar-refractivity contribution in [1.29, 1.82) is 0 Å². The molecule has 18 heavy (non-hydrogen) atoms. The van der Waals surface area contributed by atoms with Crippen molar-refractivity contribution in [2.45, 2.75) is 38.0 Å². The van der Waals surface area contributed by atoms with Crippen LogP contribution in [0.3, 0.4) is 0 Å². The summed E-state index contributed by atoms with van der Waals surface area (Å²) in [4.78, 5) is 14.9. The molecule has 1 aliphatic rings. The van der Waals surface area contributed by atoms with Crippen molar-refractivity contribution in [3.63, 3.8) is 0 Å². The molecule has 0 N–H and O–H groups in total. The summed E-state index contributed by atoms with van der Waals surface area (Å²) in [6.45, 7) is 0. The lowest BCUT2D eigenvalue weighted by Crippen LogP contribution is -2.06. The molecular formula is C12H14N4O2. The van der Waals surface area contributed by atoms with Crippen LogP contribution >= 0.6 is 0 Å². The highest BCUT2D eigenvalue weighted by Crippen LogP contribution is 2.31. The van der Waals surface area contributed by atoms with E-state index in [2.05, 4.69) is 10.1 Å². The number of rotatable bonds is 2. The number of pyridine rings is 1. The molecule has 0 unspecified atom stereocenters. The molecule has 2 aromatic heterocycles. The van der Waals surface area contributed by atoms with Crippen molar-refractivity contribution in [3.8, 4) is 0 Å². The molecule has 0 aliphatic heterocycles. The lowest BCUT2D eigenvalue weighted by atomic mass is 9.89. The normalized spacial score (nSPS) is 17.1. The molecule has 1 aliphatic carbocycles. The van der Waals surface area contributed by atoms with E-state index in [9.17, 15) is 10.1 Å². The van der Waals surface area contributed by atoms with Crippen molar-refractivity contribution in [2.24, 2.45) is 0 Å². The minimum absolute atomic E-state index is 0.0204. The van der Waals surface area contributed by atoms with Crippen molar-refractivity contribution < 1.29 is 4.92 Å². The first kappa shape index (κ1) is 11.1. The molecule has 0 atom stereocenters. The average molecular weight is 246 g/mol. The standard InChI is InChI=1S/C12H14N4O2/c17-16(18)10-7-4-8-15-12(10)13-11(14-15)9-5-2-1-3-6-9/h4,7-9H,1-3,5-6H2. The summed E-state index contributed by atoms with van der Waals surface area (Å²) in [5.41, 5.74) is 0.370. The minimum Gasteiger partial charge on any atom is -0.258 e. The third kappa shape index (κ3) is 1.83. The van der Waals surface area contributed by atoms with Gasteiger partial charge in [0.2, 0.25) is 5.65 Å². The molecule has 0 radical (unpaired) electrons. The van der Waals surface area contributed by atoms with Crippen molar-refractivity contribution in [3.05, 3.63) is 34.3 Å². The molecule has 1 fully saturated rings. The van der Waals surface area contributed by atoms with Crippen LogP contribution in [0.4, 0.5) is 5.69 Å². The van der Waals surface area contributed by atoms with Crippen LogP contribution in [0, 0.1) is 10.1 Å². The van der Waals surface area contributed by atoms with E-state index in [-0.39, 0.29) is 5.69 Å². The van der Waals surface area contributed by atoms with Crippen LogP contribution in [-0.2, 0) is 0 Å². The van der Waals surface area contributed by atoms with E-state index < -0.39 is 4.92 Å². The van der Waals surface area contributed by atoms with Crippen LogP contribution in [0.25, 0.3) is 5.65 Å². The zero-order chi connectivity index (χ0) is 12.5. The molecule has 1 saturated carbocycles.